The molecular formula is C14H19F3N2O2S. The van der Waals surface area contributed by atoms with Crippen LogP contribution in [0.25, 0.3) is 0 Å². The van der Waals surface area contributed by atoms with Gasteiger partial charge in [0.15, 0.2) is 0 Å². The summed E-state index contributed by atoms with van der Waals surface area (Å²) < 4.78 is 64.2. The first-order chi connectivity index (χ1) is 10.3. The van der Waals surface area contributed by atoms with Crippen LogP contribution in [-0.4, -0.2) is 31.4 Å². The van der Waals surface area contributed by atoms with Gasteiger partial charge in [-0.05, 0) is 37.8 Å². The molecule has 0 bridgehead atoms. The van der Waals surface area contributed by atoms with Crippen LogP contribution in [0, 0.1) is 5.92 Å². The number of pyridine rings is 1. The molecule has 1 saturated carbocycles. The monoisotopic (exact) mass is 336 g/mol. The van der Waals surface area contributed by atoms with Gasteiger partial charge in [0.25, 0.3) is 0 Å². The summed E-state index contributed by atoms with van der Waals surface area (Å²) in [6.07, 6.45) is -1.88. The highest BCUT2D eigenvalue weighted by atomic mass is 32.2. The Labute approximate surface area is 128 Å². The smallest absolute Gasteiger partial charge is 0.261 e. The number of rotatable bonds is 5. The largest absolute Gasteiger partial charge is 0.391 e. The minimum atomic E-state index is -4.18. The van der Waals surface area contributed by atoms with Crippen molar-refractivity contribution in [2.24, 2.45) is 5.92 Å². The van der Waals surface area contributed by atoms with Crippen LogP contribution in [-0.2, 0) is 16.4 Å². The van der Waals surface area contributed by atoms with Crippen molar-refractivity contribution in [2.75, 3.05) is 5.75 Å². The maximum absolute atomic E-state index is 12.6. The first-order valence-corrected chi connectivity index (χ1v) is 8.88. The number of halogens is 3. The molecule has 2 rings (SSSR count). The molecule has 1 aliphatic rings. The van der Waals surface area contributed by atoms with E-state index in [1.807, 2.05) is 0 Å². The standard InChI is InChI=1S/C14H19F3N2O2S/c15-14(16,17)11-4-6-13(7-5-11)19-22(20,21)10-8-12-3-1-2-9-18-12/h1-3,9,11,13,19H,4-8,10H2. The fraction of sp³-hybridized carbons (Fsp3) is 0.643. The summed E-state index contributed by atoms with van der Waals surface area (Å²) in [5.74, 6) is -1.41. The summed E-state index contributed by atoms with van der Waals surface area (Å²) >= 11 is 0. The van der Waals surface area contributed by atoms with E-state index in [9.17, 15) is 21.6 Å². The number of aromatic nitrogens is 1. The number of aryl methyl sites for hydroxylation is 1. The van der Waals surface area contributed by atoms with Crippen molar-refractivity contribution in [2.45, 2.75) is 44.3 Å². The van der Waals surface area contributed by atoms with Gasteiger partial charge in [0, 0.05) is 24.4 Å². The summed E-state index contributed by atoms with van der Waals surface area (Å²) in [4.78, 5) is 4.05. The molecule has 0 unspecified atom stereocenters. The zero-order valence-corrected chi connectivity index (χ0v) is 12.8. The van der Waals surface area contributed by atoms with E-state index in [4.69, 9.17) is 0 Å². The van der Waals surface area contributed by atoms with Gasteiger partial charge in [-0.1, -0.05) is 6.07 Å². The van der Waals surface area contributed by atoms with Crippen molar-refractivity contribution in [3.05, 3.63) is 30.1 Å². The molecule has 1 fully saturated rings. The highest BCUT2D eigenvalue weighted by Gasteiger charge is 2.41. The van der Waals surface area contributed by atoms with Gasteiger partial charge in [-0.15, -0.1) is 0 Å². The SMILES string of the molecule is O=S(=O)(CCc1ccccn1)NC1CCC(C(F)(F)F)CC1. The molecule has 1 N–H and O–H groups in total. The molecule has 1 aliphatic carbocycles. The lowest BCUT2D eigenvalue weighted by atomic mass is 9.86. The first kappa shape index (κ1) is 17.2. The molecule has 22 heavy (non-hydrogen) atoms. The van der Waals surface area contributed by atoms with Crippen molar-refractivity contribution in [3.8, 4) is 0 Å². The van der Waals surface area contributed by atoms with Gasteiger partial charge in [0.1, 0.15) is 0 Å². The summed E-state index contributed by atoms with van der Waals surface area (Å²) in [5, 5.41) is 0. The van der Waals surface area contributed by atoms with E-state index in [0.717, 1.165) is 0 Å². The number of hydrogen-bond donors (Lipinski definition) is 1. The Kier molecular flexibility index (Phi) is 5.44. The highest BCUT2D eigenvalue weighted by molar-refractivity contribution is 7.89. The number of sulfonamides is 1. The molecule has 0 aromatic carbocycles. The molecule has 1 aromatic heterocycles. The Balaban J connectivity index is 1.81. The van der Waals surface area contributed by atoms with Crippen LogP contribution >= 0.6 is 0 Å². The van der Waals surface area contributed by atoms with Crippen molar-refractivity contribution >= 4 is 10.0 Å². The summed E-state index contributed by atoms with van der Waals surface area (Å²) in [5.41, 5.74) is 0.675. The second-order valence-electron chi connectivity index (χ2n) is 5.60. The molecule has 0 aliphatic heterocycles. The fourth-order valence-corrected chi connectivity index (χ4v) is 3.98. The Morgan fingerprint density at radius 1 is 1.18 bits per heavy atom. The average molecular weight is 336 g/mol. The van der Waals surface area contributed by atoms with Crippen LogP contribution < -0.4 is 4.72 Å². The van der Waals surface area contributed by atoms with E-state index in [1.54, 1.807) is 24.4 Å². The highest BCUT2D eigenvalue weighted by Crippen LogP contribution is 2.37. The van der Waals surface area contributed by atoms with E-state index >= 15 is 0 Å². The summed E-state index contributed by atoms with van der Waals surface area (Å²) in [6, 6.07) is 4.87. The number of nitrogens with zero attached hydrogens (tertiary/aromatic N) is 1. The number of alkyl halides is 3. The van der Waals surface area contributed by atoms with Crippen LogP contribution in [0.2, 0.25) is 0 Å². The predicted octanol–water partition coefficient (Wildman–Crippen LogP) is 2.66. The Morgan fingerprint density at radius 3 is 2.41 bits per heavy atom. The molecule has 0 radical (unpaired) electrons. The summed E-state index contributed by atoms with van der Waals surface area (Å²) in [7, 11) is -3.50. The van der Waals surface area contributed by atoms with E-state index in [2.05, 4.69) is 9.71 Å². The van der Waals surface area contributed by atoms with E-state index in [-0.39, 0.29) is 37.9 Å². The molecule has 0 atom stereocenters. The maximum atomic E-state index is 12.6. The lowest BCUT2D eigenvalue weighted by molar-refractivity contribution is -0.182. The molecule has 4 nitrogen and oxygen atoms in total. The molecule has 1 aromatic rings. The summed E-state index contributed by atoms with van der Waals surface area (Å²) in [6.45, 7) is 0. The molecule has 0 spiro atoms. The van der Waals surface area contributed by atoms with Crippen molar-refractivity contribution in [1.82, 2.24) is 9.71 Å². The minimum Gasteiger partial charge on any atom is -0.261 e. The van der Waals surface area contributed by atoms with Gasteiger partial charge in [-0.25, -0.2) is 13.1 Å². The predicted molar refractivity (Wildman–Crippen MR) is 76.7 cm³/mol. The third-order valence-corrected chi connectivity index (χ3v) is 5.32. The van der Waals surface area contributed by atoms with Crippen LogP contribution in [0.4, 0.5) is 13.2 Å². The van der Waals surface area contributed by atoms with Gasteiger partial charge in [0.2, 0.25) is 10.0 Å². The second-order valence-corrected chi connectivity index (χ2v) is 7.47. The van der Waals surface area contributed by atoms with Crippen LogP contribution in [0.3, 0.4) is 0 Å². The quantitative estimate of drug-likeness (QED) is 0.899. The first-order valence-electron chi connectivity index (χ1n) is 7.23. The molecule has 8 heteroatoms. The molecule has 0 saturated heterocycles. The van der Waals surface area contributed by atoms with Gasteiger partial charge >= 0.3 is 6.18 Å². The van der Waals surface area contributed by atoms with Gasteiger partial charge in [-0.2, -0.15) is 13.2 Å². The lowest BCUT2D eigenvalue weighted by Crippen LogP contribution is -2.41. The van der Waals surface area contributed by atoms with Gasteiger partial charge in [0.05, 0.1) is 11.7 Å². The zero-order chi connectivity index (χ0) is 16.2. The third-order valence-electron chi connectivity index (χ3n) is 3.89. The molecule has 1 heterocycles. The van der Waals surface area contributed by atoms with E-state index < -0.39 is 28.2 Å². The van der Waals surface area contributed by atoms with E-state index in [1.165, 1.54) is 0 Å². The lowest BCUT2D eigenvalue weighted by Gasteiger charge is -2.30. The molecule has 0 amide bonds. The normalized spacial score (nSPS) is 23.4. The molecule has 124 valence electrons. The van der Waals surface area contributed by atoms with Crippen molar-refractivity contribution in [3.63, 3.8) is 0 Å². The van der Waals surface area contributed by atoms with Crippen LogP contribution in [0.1, 0.15) is 31.4 Å². The maximum Gasteiger partial charge on any atom is 0.391 e. The van der Waals surface area contributed by atoms with E-state index in [0.29, 0.717) is 5.69 Å². The zero-order valence-electron chi connectivity index (χ0n) is 12.0. The third kappa shape index (κ3) is 5.24. The Bertz CT molecular complexity index is 568. The van der Waals surface area contributed by atoms with Crippen molar-refractivity contribution < 1.29 is 21.6 Å². The minimum absolute atomic E-state index is 0.0169. The van der Waals surface area contributed by atoms with Crippen LogP contribution in [0.15, 0.2) is 24.4 Å². The van der Waals surface area contributed by atoms with Crippen LogP contribution in [0.5, 0.6) is 0 Å². The topological polar surface area (TPSA) is 59.1 Å². The van der Waals surface area contributed by atoms with Gasteiger partial charge < -0.3 is 0 Å². The van der Waals surface area contributed by atoms with Crippen molar-refractivity contribution in [1.29, 1.82) is 0 Å². The Morgan fingerprint density at radius 2 is 1.86 bits per heavy atom. The average Bonchev–Trinajstić information content (AvgIpc) is 2.46. The Hall–Kier alpha value is -1.15. The molecular weight excluding hydrogens is 317 g/mol. The number of nitrogens with one attached hydrogen (secondary N) is 1. The number of hydrogen-bond acceptors (Lipinski definition) is 3. The fourth-order valence-electron chi connectivity index (χ4n) is 2.64. The van der Waals surface area contributed by atoms with Gasteiger partial charge in [-0.3, -0.25) is 4.98 Å². The second kappa shape index (κ2) is 6.95.